The van der Waals surface area contributed by atoms with E-state index < -0.39 is 66.6 Å². The third-order valence-corrected chi connectivity index (χ3v) is 9.45. The van der Waals surface area contributed by atoms with Crippen molar-refractivity contribution in [3.05, 3.63) is 51.6 Å². The van der Waals surface area contributed by atoms with Gasteiger partial charge in [0.1, 0.15) is 23.4 Å². The molecule has 6 unspecified atom stereocenters. The van der Waals surface area contributed by atoms with Crippen LogP contribution in [0.15, 0.2) is 18.2 Å². The Kier molecular flexibility index (Phi) is 8.18. The number of rotatable bonds is 6. The Morgan fingerprint density at radius 2 is 1.89 bits per heavy atom. The number of carbonyl (C=O) groups excluding carboxylic acids is 1. The van der Waals surface area contributed by atoms with E-state index in [0.29, 0.717) is 26.3 Å². The topological polar surface area (TPSA) is 202 Å². The van der Waals surface area contributed by atoms with Gasteiger partial charge in [-0.1, -0.05) is 12.1 Å². The van der Waals surface area contributed by atoms with Crippen molar-refractivity contribution in [2.24, 2.45) is 0 Å². The fourth-order valence-corrected chi connectivity index (χ4v) is 7.10. The number of fused-ring (bicyclic) bond motifs is 3. The lowest BCUT2D eigenvalue weighted by molar-refractivity contribution is -0.263. The molecular formula is C31H38N2O11. The molecule has 2 aliphatic carbocycles. The van der Waals surface area contributed by atoms with Gasteiger partial charge in [-0.3, -0.25) is 15.1 Å². The molecule has 0 amide bonds. The minimum Gasteiger partial charge on any atom is -0.507 e. The number of nitrogens with one attached hydrogen (secondary N) is 1. The highest BCUT2D eigenvalue weighted by Crippen LogP contribution is 2.53. The zero-order valence-corrected chi connectivity index (χ0v) is 24.5. The monoisotopic (exact) mass is 614 g/mol. The number of benzene rings is 2. The normalized spacial score (nSPS) is 31.2. The number of aliphatic hydroxyl groups is 4. The number of ether oxygens (including phenoxy) is 4. The molecule has 2 saturated heterocycles. The molecule has 13 heteroatoms. The molecule has 0 bridgehead atoms. The summed E-state index contributed by atoms with van der Waals surface area (Å²) >= 11 is 0. The first-order valence-corrected chi connectivity index (χ1v) is 14.7. The van der Waals surface area contributed by atoms with E-state index in [1.807, 2.05) is 0 Å². The number of phenols is 2. The number of morpholine rings is 1. The second kappa shape index (κ2) is 11.7. The summed E-state index contributed by atoms with van der Waals surface area (Å²) in [6.45, 7) is 3.17. The molecule has 2 heterocycles. The van der Waals surface area contributed by atoms with Crippen LogP contribution in [0, 0.1) is 5.41 Å². The van der Waals surface area contributed by atoms with Crippen LogP contribution in [0.5, 0.6) is 17.2 Å². The predicted molar refractivity (Wildman–Crippen MR) is 153 cm³/mol. The molecule has 0 radical (unpaired) electrons. The Labute approximate surface area is 253 Å². The lowest BCUT2D eigenvalue weighted by Crippen LogP contribution is -2.58. The van der Waals surface area contributed by atoms with Crippen LogP contribution < -0.4 is 4.74 Å². The van der Waals surface area contributed by atoms with Crippen molar-refractivity contribution < 1.29 is 54.4 Å². The lowest BCUT2D eigenvalue weighted by Gasteiger charge is -2.46. The molecule has 2 fully saturated rings. The van der Waals surface area contributed by atoms with E-state index >= 15 is 0 Å². The Morgan fingerprint density at radius 1 is 1.16 bits per heavy atom. The lowest BCUT2D eigenvalue weighted by atomic mass is 9.71. The zero-order chi connectivity index (χ0) is 31.5. The molecular weight excluding hydrogens is 576 g/mol. The number of carbonyl (C=O) groups is 1. The fraction of sp³-hybridized carbons (Fsp3) is 0.548. The maximum absolute atomic E-state index is 13.7. The number of ketones is 1. The van der Waals surface area contributed by atoms with Crippen LogP contribution in [0.2, 0.25) is 0 Å². The Hall–Kier alpha value is -3.14. The summed E-state index contributed by atoms with van der Waals surface area (Å²) in [6.07, 6.45) is -5.74. The summed E-state index contributed by atoms with van der Waals surface area (Å²) in [5.74, 6) is -1.45. The highest BCUT2D eigenvalue weighted by molar-refractivity contribution is 6.32. The summed E-state index contributed by atoms with van der Waals surface area (Å²) in [5.41, 5.74) is -2.52. The second-order valence-electron chi connectivity index (χ2n) is 11.9. The minimum absolute atomic E-state index is 0.0391. The molecule has 44 heavy (non-hydrogen) atoms. The highest BCUT2D eigenvalue weighted by Gasteiger charge is 2.50. The third-order valence-electron chi connectivity index (χ3n) is 9.45. The molecule has 2 aliphatic heterocycles. The summed E-state index contributed by atoms with van der Waals surface area (Å²) in [4.78, 5) is 15.8. The first-order valence-electron chi connectivity index (χ1n) is 14.7. The van der Waals surface area contributed by atoms with Crippen LogP contribution in [0.3, 0.4) is 0 Å². The molecule has 238 valence electrons. The van der Waals surface area contributed by atoms with Gasteiger partial charge in [0.15, 0.2) is 12.1 Å². The molecule has 7 N–H and O–H groups in total. The van der Waals surface area contributed by atoms with E-state index in [1.54, 1.807) is 19.1 Å². The summed E-state index contributed by atoms with van der Waals surface area (Å²) in [6, 6.07) is 4.32. The van der Waals surface area contributed by atoms with Gasteiger partial charge in [0.25, 0.3) is 0 Å². The maximum Gasteiger partial charge on any atom is 0.198 e. The van der Waals surface area contributed by atoms with Gasteiger partial charge < -0.3 is 49.6 Å². The van der Waals surface area contributed by atoms with Crippen molar-refractivity contribution in [2.75, 3.05) is 40.0 Å². The van der Waals surface area contributed by atoms with E-state index in [9.17, 15) is 35.4 Å². The highest BCUT2D eigenvalue weighted by atomic mass is 16.7. The minimum atomic E-state index is -2.01. The Balaban J connectivity index is 1.44. The molecule has 0 spiro atoms. The average Bonchev–Trinajstić information content (AvgIpc) is 3.02. The van der Waals surface area contributed by atoms with Gasteiger partial charge in [0.2, 0.25) is 0 Å². The number of aliphatic hydroxyl groups excluding tert-OH is 3. The molecule has 0 saturated carbocycles. The quantitative estimate of drug-likeness (QED) is 0.188. The molecule has 2 aromatic carbocycles. The van der Waals surface area contributed by atoms with E-state index in [0.717, 1.165) is 0 Å². The van der Waals surface area contributed by atoms with Gasteiger partial charge in [-0.05, 0) is 13.0 Å². The van der Waals surface area contributed by atoms with E-state index in [2.05, 4.69) is 4.90 Å². The number of hydrogen-bond acceptors (Lipinski definition) is 13. The maximum atomic E-state index is 13.7. The van der Waals surface area contributed by atoms with Crippen molar-refractivity contribution in [1.29, 1.82) is 5.41 Å². The molecule has 13 nitrogen and oxygen atoms in total. The van der Waals surface area contributed by atoms with Crippen LogP contribution >= 0.6 is 0 Å². The first kappa shape index (κ1) is 30.9. The smallest absolute Gasteiger partial charge is 0.198 e. The van der Waals surface area contributed by atoms with Crippen LogP contribution in [0.25, 0.3) is 0 Å². The van der Waals surface area contributed by atoms with Crippen LogP contribution in [-0.2, 0) is 20.6 Å². The van der Waals surface area contributed by atoms with Gasteiger partial charge in [-0.2, -0.15) is 0 Å². The van der Waals surface area contributed by atoms with Crippen LogP contribution in [-0.4, -0.2) is 123 Å². The third kappa shape index (κ3) is 4.88. The number of hydrogen-bond donors (Lipinski definition) is 7. The number of nitrogens with zero attached hydrogens (tertiary/aromatic N) is 1. The number of methoxy groups -OCH3 is 1. The van der Waals surface area contributed by atoms with Crippen molar-refractivity contribution >= 4 is 11.5 Å². The predicted octanol–water partition coefficient (Wildman–Crippen LogP) is 0.352. The summed E-state index contributed by atoms with van der Waals surface area (Å²) < 4.78 is 23.3. The van der Waals surface area contributed by atoms with Crippen molar-refractivity contribution in [3.63, 3.8) is 0 Å². The standard InChI is InChI=1S/C31H38N2O11/c1-14-27(36)17(33-6-8-42-9-7-33)10-21(43-14)44-19-12-31(40,20(35)13-34)11-16-23(19)30(39)24-25(29(16)38)28(37)15-4-3-5-18(41-2)22(15)26(24)32/h3-5,14,17,19-21,27,32,34-36,38-40H,6-13H2,1-2H3/t14?,17?,19?,20?,21?,27?,31-/m0/s1. The van der Waals surface area contributed by atoms with Gasteiger partial charge in [0.05, 0.1) is 73.2 Å². The SMILES string of the molecule is COc1cccc2c1C(=N)c1c(O)c3c(c(O)c1C2=O)C[C@@](O)(C(O)CO)CC3OC1CC(N2CCOCC2)C(O)C(C)O1. The van der Waals surface area contributed by atoms with Crippen molar-refractivity contribution in [3.8, 4) is 17.2 Å². The molecule has 0 aromatic heterocycles. The first-order chi connectivity index (χ1) is 21.0. The molecule has 7 atom stereocenters. The van der Waals surface area contributed by atoms with Crippen molar-refractivity contribution in [1.82, 2.24) is 4.90 Å². The van der Waals surface area contributed by atoms with Gasteiger partial charge in [-0.15, -0.1) is 0 Å². The van der Waals surface area contributed by atoms with E-state index in [-0.39, 0.29) is 63.7 Å². The Bertz CT molecular complexity index is 1480. The largest absolute Gasteiger partial charge is 0.507 e. The zero-order valence-electron chi connectivity index (χ0n) is 24.5. The van der Waals surface area contributed by atoms with Gasteiger partial charge in [-0.25, -0.2) is 0 Å². The van der Waals surface area contributed by atoms with Crippen LogP contribution in [0.1, 0.15) is 64.0 Å². The summed E-state index contributed by atoms with van der Waals surface area (Å²) in [7, 11) is 1.40. The average molecular weight is 615 g/mol. The molecule has 2 aromatic rings. The number of aromatic hydroxyl groups is 2. The fourth-order valence-electron chi connectivity index (χ4n) is 7.10. The van der Waals surface area contributed by atoms with Crippen molar-refractivity contribution in [2.45, 2.75) is 68.5 Å². The number of phenolic OH excluding ortho intramolecular Hbond substituents is 2. The van der Waals surface area contributed by atoms with Gasteiger partial charge in [0, 0.05) is 55.1 Å². The molecule has 6 rings (SSSR count). The molecule has 4 aliphatic rings. The Morgan fingerprint density at radius 3 is 2.57 bits per heavy atom. The van der Waals surface area contributed by atoms with Crippen LogP contribution in [0.4, 0.5) is 0 Å². The van der Waals surface area contributed by atoms with Gasteiger partial charge >= 0.3 is 0 Å². The summed E-state index contributed by atoms with van der Waals surface area (Å²) in [5, 5.41) is 75.3. The van der Waals surface area contributed by atoms with E-state index in [4.69, 9.17) is 24.4 Å². The van der Waals surface area contributed by atoms with E-state index in [1.165, 1.54) is 13.2 Å². The second-order valence-corrected chi connectivity index (χ2v) is 11.9.